The molecule has 1 saturated carbocycles. The van der Waals surface area contributed by atoms with E-state index in [9.17, 15) is 9.90 Å². The van der Waals surface area contributed by atoms with Gasteiger partial charge in [0.1, 0.15) is 5.03 Å². The van der Waals surface area contributed by atoms with E-state index < -0.39 is 5.97 Å². The second-order valence-electron chi connectivity index (χ2n) is 6.48. The summed E-state index contributed by atoms with van der Waals surface area (Å²) in [5, 5.41) is 10.4. The highest BCUT2D eigenvalue weighted by atomic mass is 32.2. The van der Waals surface area contributed by atoms with Crippen molar-refractivity contribution in [1.82, 2.24) is 9.97 Å². The van der Waals surface area contributed by atoms with Gasteiger partial charge in [-0.2, -0.15) is 0 Å². The first-order valence-corrected chi connectivity index (χ1v) is 9.17. The van der Waals surface area contributed by atoms with Gasteiger partial charge in [0.2, 0.25) is 5.82 Å². The second-order valence-corrected chi connectivity index (χ2v) is 7.61. The molecule has 5 heteroatoms. The van der Waals surface area contributed by atoms with Crippen LogP contribution in [0.2, 0.25) is 0 Å². The lowest BCUT2D eigenvalue weighted by Gasteiger charge is -2.31. The number of carboxylic acids is 1. The van der Waals surface area contributed by atoms with Crippen molar-refractivity contribution in [3.8, 4) is 0 Å². The first-order valence-electron chi connectivity index (χ1n) is 8.29. The summed E-state index contributed by atoms with van der Waals surface area (Å²) in [4.78, 5) is 18.7. The Morgan fingerprint density at radius 1 is 1.17 bits per heavy atom. The molecule has 4 nitrogen and oxygen atoms in total. The highest BCUT2D eigenvalue weighted by Crippen LogP contribution is 2.58. The molecule has 1 fully saturated rings. The number of thioether (sulfide) groups is 1. The summed E-state index contributed by atoms with van der Waals surface area (Å²) in [5.41, 5.74) is 2.37. The highest BCUT2D eigenvalue weighted by molar-refractivity contribution is 7.99. The number of carboxylic acid groups (broad SMARTS) is 1. The third-order valence-corrected chi connectivity index (χ3v) is 6.44. The van der Waals surface area contributed by atoms with Crippen molar-refractivity contribution < 1.29 is 9.90 Å². The summed E-state index contributed by atoms with van der Waals surface area (Å²) in [6.45, 7) is 0. The minimum atomic E-state index is -0.973. The predicted octanol–water partition coefficient (Wildman–Crippen LogP) is 4.62. The van der Waals surface area contributed by atoms with Gasteiger partial charge in [-0.3, -0.25) is 0 Å². The van der Waals surface area contributed by atoms with Gasteiger partial charge in [0.15, 0.2) is 0 Å². The molecule has 0 unspecified atom stereocenters. The van der Waals surface area contributed by atoms with E-state index in [1.807, 2.05) is 6.07 Å². The lowest BCUT2D eigenvalue weighted by atomic mass is 9.76. The van der Waals surface area contributed by atoms with Crippen LogP contribution >= 0.6 is 11.8 Å². The maximum Gasteiger partial charge on any atom is 0.371 e. The number of hydrogen-bond donors (Lipinski definition) is 2. The molecule has 2 atom stereocenters. The molecule has 2 N–H and O–H groups in total. The zero-order chi connectivity index (χ0) is 15.8. The third-order valence-electron chi connectivity index (χ3n) is 5.08. The normalized spacial score (nSPS) is 24.5. The second kappa shape index (κ2) is 6.04. The monoisotopic (exact) mass is 328 g/mol. The lowest BCUT2D eigenvalue weighted by Crippen LogP contribution is -2.19. The number of aromatic carboxylic acids is 1. The Bertz CT molecular complexity index is 707. The Morgan fingerprint density at radius 3 is 2.61 bits per heavy atom. The fraction of sp³-hybridized carbons (Fsp3) is 0.444. The molecule has 0 amide bonds. The van der Waals surface area contributed by atoms with Crippen LogP contribution in [0.1, 0.15) is 65.1 Å². The van der Waals surface area contributed by atoms with Crippen molar-refractivity contribution in [2.75, 3.05) is 0 Å². The molecule has 1 aromatic heterocycles. The van der Waals surface area contributed by atoms with Crippen LogP contribution in [0.3, 0.4) is 0 Å². The number of aromatic nitrogens is 2. The van der Waals surface area contributed by atoms with Crippen LogP contribution in [0.5, 0.6) is 0 Å². The van der Waals surface area contributed by atoms with E-state index in [0.29, 0.717) is 17.1 Å². The average Bonchev–Trinajstić information content (AvgIpc) is 3.14. The van der Waals surface area contributed by atoms with Crippen LogP contribution in [0.25, 0.3) is 0 Å². The van der Waals surface area contributed by atoms with Crippen LogP contribution < -0.4 is 0 Å². The largest absolute Gasteiger partial charge is 0.475 e. The first-order chi connectivity index (χ1) is 11.2. The fourth-order valence-electron chi connectivity index (χ4n) is 4.03. The van der Waals surface area contributed by atoms with Crippen LogP contribution in [-0.4, -0.2) is 21.0 Å². The summed E-state index contributed by atoms with van der Waals surface area (Å²) in [6, 6.07) is 10.6. The van der Waals surface area contributed by atoms with Gasteiger partial charge in [0.05, 0.1) is 5.69 Å². The lowest BCUT2D eigenvalue weighted by molar-refractivity contribution is 0.0684. The van der Waals surface area contributed by atoms with E-state index in [0.717, 1.165) is 10.7 Å². The van der Waals surface area contributed by atoms with E-state index in [2.05, 4.69) is 34.2 Å². The van der Waals surface area contributed by atoms with E-state index in [-0.39, 0.29) is 5.82 Å². The van der Waals surface area contributed by atoms with Gasteiger partial charge in [-0.15, -0.1) is 0 Å². The maximum absolute atomic E-state index is 11.2. The van der Waals surface area contributed by atoms with Gasteiger partial charge in [0.25, 0.3) is 0 Å². The van der Waals surface area contributed by atoms with Crippen LogP contribution in [0, 0.1) is 5.92 Å². The van der Waals surface area contributed by atoms with Crippen LogP contribution in [0.15, 0.2) is 35.4 Å². The van der Waals surface area contributed by atoms with Crippen molar-refractivity contribution in [2.45, 2.75) is 48.3 Å². The number of hydrogen-bond acceptors (Lipinski definition) is 3. The fourth-order valence-corrected chi connectivity index (χ4v) is 5.52. The Hall–Kier alpha value is -1.75. The molecule has 0 spiro atoms. The molecule has 4 rings (SSSR count). The van der Waals surface area contributed by atoms with Crippen molar-refractivity contribution >= 4 is 17.7 Å². The Kier molecular flexibility index (Phi) is 3.89. The van der Waals surface area contributed by atoms with Crippen LogP contribution in [-0.2, 0) is 0 Å². The molecule has 1 aliphatic carbocycles. The number of aromatic amines is 1. The van der Waals surface area contributed by atoms with Gasteiger partial charge in [0, 0.05) is 11.2 Å². The minimum Gasteiger partial charge on any atom is -0.475 e. The predicted molar refractivity (Wildman–Crippen MR) is 89.9 cm³/mol. The zero-order valence-corrected chi connectivity index (χ0v) is 13.7. The Labute approximate surface area is 139 Å². The van der Waals surface area contributed by atoms with Gasteiger partial charge < -0.3 is 10.1 Å². The van der Waals surface area contributed by atoms with E-state index in [1.54, 1.807) is 11.8 Å². The standard InChI is InChI=1S/C18H20N2O2S/c21-18(22)16-19-14-13(11-7-3-1-4-8-11)15(23-17(14)20-16)12-9-5-2-6-10-12/h2,5-6,9-11,13,15H,1,3-4,7-8H2,(H,19,20)(H,21,22)/t13-,15+/m1/s1. The number of nitrogens with one attached hydrogen (secondary N) is 1. The van der Waals surface area contributed by atoms with Crippen molar-refractivity contribution in [1.29, 1.82) is 0 Å². The molecule has 120 valence electrons. The van der Waals surface area contributed by atoms with Crippen molar-refractivity contribution in [2.24, 2.45) is 5.92 Å². The zero-order valence-electron chi connectivity index (χ0n) is 12.9. The van der Waals surface area contributed by atoms with Crippen molar-refractivity contribution in [3.05, 3.63) is 47.4 Å². The molecule has 2 heterocycles. The molecule has 0 saturated heterocycles. The Balaban J connectivity index is 1.72. The number of carbonyl (C=O) groups is 1. The summed E-state index contributed by atoms with van der Waals surface area (Å²) in [7, 11) is 0. The van der Waals surface area contributed by atoms with Crippen LogP contribution in [0.4, 0.5) is 0 Å². The first kappa shape index (κ1) is 14.8. The third kappa shape index (κ3) is 2.67. The quantitative estimate of drug-likeness (QED) is 0.863. The van der Waals surface area contributed by atoms with Crippen molar-refractivity contribution in [3.63, 3.8) is 0 Å². The highest BCUT2D eigenvalue weighted by Gasteiger charge is 2.42. The van der Waals surface area contributed by atoms with E-state index >= 15 is 0 Å². The summed E-state index contributed by atoms with van der Waals surface area (Å²) >= 11 is 1.72. The molecular formula is C18H20N2O2S. The van der Waals surface area contributed by atoms with Gasteiger partial charge in [-0.1, -0.05) is 61.4 Å². The van der Waals surface area contributed by atoms with E-state index in [4.69, 9.17) is 0 Å². The molecule has 2 aromatic rings. The molecule has 2 aliphatic rings. The number of H-pyrrole nitrogens is 1. The average molecular weight is 328 g/mol. The van der Waals surface area contributed by atoms with Gasteiger partial charge in [-0.25, -0.2) is 9.78 Å². The van der Waals surface area contributed by atoms with E-state index in [1.165, 1.54) is 37.7 Å². The summed E-state index contributed by atoms with van der Waals surface area (Å²) in [5.74, 6) is 0.0663. The molecule has 0 radical (unpaired) electrons. The molecule has 0 bridgehead atoms. The topological polar surface area (TPSA) is 66.0 Å². The minimum absolute atomic E-state index is 0.0785. The molecule has 1 aromatic carbocycles. The number of benzene rings is 1. The number of fused-ring (bicyclic) bond motifs is 1. The number of imidazole rings is 1. The number of nitrogens with zero attached hydrogens (tertiary/aromatic N) is 1. The molecular weight excluding hydrogens is 308 g/mol. The SMILES string of the molecule is O=C(O)c1nc2c([nH]1)[C@@H](C1CCCCC1)[C@H](c1ccccc1)S2. The molecule has 23 heavy (non-hydrogen) atoms. The molecule has 1 aliphatic heterocycles. The maximum atomic E-state index is 11.2. The number of rotatable bonds is 3. The Morgan fingerprint density at radius 2 is 1.91 bits per heavy atom. The summed E-state index contributed by atoms with van der Waals surface area (Å²) in [6.07, 6.45) is 6.35. The smallest absolute Gasteiger partial charge is 0.371 e. The van der Waals surface area contributed by atoms with Gasteiger partial charge in [-0.05, 0) is 24.3 Å². The van der Waals surface area contributed by atoms with Gasteiger partial charge >= 0.3 is 5.97 Å². The summed E-state index contributed by atoms with van der Waals surface area (Å²) < 4.78 is 0.